The van der Waals surface area contributed by atoms with Crippen molar-refractivity contribution < 1.29 is 4.79 Å². The molecule has 6 heterocycles. The van der Waals surface area contributed by atoms with Crippen LogP contribution in [0, 0.1) is 5.41 Å². The van der Waals surface area contributed by atoms with E-state index in [9.17, 15) is 9.59 Å². The molecular formula is C21H28N8O2. The maximum Gasteiger partial charge on any atom is 0.330 e. The first-order chi connectivity index (χ1) is 14.7. The van der Waals surface area contributed by atoms with E-state index in [0.717, 1.165) is 30.7 Å². The number of nitrogens with one attached hydrogen (secondary N) is 1. The van der Waals surface area contributed by atoms with Crippen molar-refractivity contribution in [3.05, 3.63) is 34.8 Å². The van der Waals surface area contributed by atoms with Gasteiger partial charge in [-0.1, -0.05) is 20.8 Å². The average molecular weight is 425 g/mol. The molecule has 31 heavy (non-hydrogen) atoms. The van der Waals surface area contributed by atoms with Gasteiger partial charge in [-0.2, -0.15) is 5.10 Å². The van der Waals surface area contributed by atoms with Gasteiger partial charge in [0.1, 0.15) is 12.1 Å². The normalized spacial score (nSPS) is 21.3. The molecular weight excluding hydrogens is 396 g/mol. The molecule has 3 aromatic heterocycles. The van der Waals surface area contributed by atoms with E-state index in [1.54, 1.807) is 11.6 Å². The van der Waals surface area contributed by atoms with Crippen LogP contribution >= 0.6 is 0 Å². The van der Waals surface area contributed by atoms with Crippen molar-refractivity contribution >= 4 is 22.9 Å². The molecule has 0 saturated carbocycles. The first-order valence-corrected chi connectivity index (χ1v) is 10.7. The number of carbonyl (C=O) groups excluding carboxylic acids is 1. The summed E-state index contributed by atoms with van der Waals surface area (Å²) in [5.41, 5.74) is 1.50. The molecule has 10 heteroatoms. The average Bonchev–Trinajstić information content (AvgIpc) is 3.36. The lowest BCUT2D eigenvalue weighted by Crippen LogP contribution is -2.64. The third-order valence-electron chi connectivity index (χ3n) is 6.30. The highest BCUT2D eigenvalue weighted by Gasteiger charge is 2.42. The number of hydrogen-bond acceptors (Lipinski definition) is 6. The van der Waals surface area contributed by atoms with E-state index >= 15 is 0 Å². The van der Waals surface area contributed by atoms with Crippen LogP contribution in [-0.4, -0.2) is 65.3 Å². The first kappa shape index (κ1) is 19.8. The largest absolute Gasteiger partial charge is 0.350 e. The second-order valence-corrected chi connectivity index (χ2v) is 9.83. The lowest BCUT2D eigenvalue weighted by molar-refractivity contribution is 0.0492. The molecule has 3 aliphatic rings. The number of fused-ring (bicyclic) bond motifs is 4. The maximum atomic E-state index is 12.8. The fraction of sp³-hybridized carbons (Fsp3) is 0.571. The summed E-state index contributed by atoms with van der Waals surface area (Å²) in [6.45, 7) is 8.36. The van der Waals surface area contributed by atoms with Gasteiger partial charge in [0.2, 0.25) is 5.82 Å². The summed E-state index contributed by atoms with van der Waals surface area (Å²) in [5, 5.41) is 6.47. The van der Waals surface area contributed by atoms with Gasteiger partial charge in [0.05, 0.1) is 5.52 Å². The second kappa shape index (κ2) is 6.93. The third kappa shape index (κ3) is 3.30. The monoisotopic (exact) mass is 424 g/mol. The van der Waals surface area contributed by atoms with E-state index in [0.29, 0.717) is 18.7 Å². The predicted molar refractivity (Wildman–Crippen MR) is 116 cm³/mol. The van der Waals surface area contributed by atoms with Crippen LogP contribution in [0.5, 0.6) is 0 Å². The Kier molecular flexibility index (Phi) is 4.42. The summed E-state index contributed by atoms with van der Waals surface area (Å²) in [6.07, 6.45) is 3.33. The van der Waals surface area contributed by atoms with E-state index < -0.39 is 0 Å². The van der Waals surface area contributed by atoms with Crippen molar-refractivity contribution in [2.75, 3.05) is 18.0 Å². The van der Waals surface area contributed by atoms with Crippen molar-refractivity contribution in [2.45, 2.75) is 52.2 Å². The zero-order chi connectivity index (χ0) is 21.9. The molecule has 3 saturated heterocycles. The number of hydrogen-bond donors (Lipinski definition) is 1. The minimum atomic E-state index is -0.100. The van der Waals surface area contributed by atoms with Gasteiger partial charge >= 0.3 is 5.69 Å². The van der Waals surface area contributed by atoms with Gasteiger partial charge in [-0.05, 0) is 30.4 Å². The summed E-state index contributed by atoms with van der Waals surface area (Å²) < 4.78 is 3.44. The molecule has 0 spiro atoms. The molecule has 3 fully saturated rings. The highest BCUT2D eigenvalue weighted by atomic mass is 16.2. The van der Waals surface area contributed by atoms with Crippen LogP contribution in [0.4, 0.5) is 5.82 Å². The van der Waals surface area contributed by atoms with Gasteiger partial charge in [-0.15, -0.1) is 0 Å². The SMILES string of the molecule is Cn1c(=O)n(CC(C)(C)C)c2ccc(N3CC4CCC3CN4C(=O)c3ncn[nH]3)nc21. The standard InChI is InChI=1S/C21H28N8O2/c1-21(2,3)11-29-15-7-8-16(24-18(15)26(4)20(29)31)27-9-14-6-5-13(27)10-28(14)19(30)17-22-12-23-25-17/h7-8,12-14H,5-6,9-11H2,1-4H3,(H,22,23,25). The highest BCUT2D eigenvalue weighted by Crippen LogP contribution is 2.33. The lowest BCUT2D eigenvalue weighted by atomic mass is 9.90. The number of rotatable bonds is 3. The Balaban J connectivity index is 1.44. The number of piperidine rings is 2. The van der Waals surface area contributed by atoms with Gasteiger partial charge in [-0.25, -0.2) is 14.8 Å². The highest BCUT2D eigenvalue weighted by molar-refractivity contribution is 5.91. The topological polar surface area (TPSA) is 105 Å². The predicted octanol–water partition coefficient (Wildman–Crippen LogP) is 1.39. The molecule has 0 radical (unpaired) electrons. The molecule has 1 amide bonds. The number of piperazine rings is 1. The maximum absolute atomic E-state index is 12.8. The van der Waals surface area contributed by atoms with E-state index in [2.05, 4.69) is 40.9 Å². The molecule has 10 nitrogen and oxygen atoms in total. The number of aromatic amines is 1. The van der Waals surface area contributed by atoms with Crippen LogP contribution in [0.25, 0.3) is 11.2 Å². The van der Waals surface area contributed by atoms with Crippen molar-refractivity contribution in [3.8, 4) is 0 Å². The molecule has 2 bridgehead atoms. The summed E-state index contributed by atoms with van der Waals surface area (Å²) >= 11 is 0. The number of H-pyrrole nitrogens is 1. The second-order valence-electron chi connectivity index (χ2n) is 9.83. The molecule has 0 aromatic carbocycles. The van der Waals surface area contributed by atoms with E-state index in [4.69, 9.17) is 4.98 Å². The van der Waals surface area contributed by atoms with Gasteiger partial charge < -0.3 is 9.80 Å². The molecule has 2 atom stereocenters. The van der Waals surface area contributed by atoms with E-state index in [1.807, 2.05) is 21.6 Å². The fourth-order valence-electron chi connectivity index (χ4n) is 4.85. The Hall–Kier alpha value is -3.17. The van der Waals surface area contributed by atoms with Crippen LogP contribution in [0.15, 0.2) is 23.3 Å². The van der Waals surface area contributed by atoms with E-state index in [1.165, 1.54) is 6.33 Å². The zero-order valence-corrected chi connectivity index (χ0v) is 18.4. The van der Waals surface area contributed by atoms with Crippen molar-refractivity contribution in [2.24, 2.45) is 12.5 Å². The Morgan fingerprint density at radius 3 is 2.61 bits per heavy atom. The first-order valence-electron chi connectivity index (χ1n) is 10.7. The quantitative estimate of drug-likeness (QED) is 0.681. The Bertz CT molecular complexity index is 1190. The van der Waals surface area contributed by atoms with Crippen LogP contribution < -0.4 is 10.6 Å². The number of nitrogens with zero attached hydrogens (tertiary/aromatic N) is 7. The van der Waals surface area contributed by atoms with Crippen LogP contribution in [0.3, 0.4) is 0 Å². The van der Waals surface area contributed by atoms with Crippen LogP contribution in [0.1, 0.15) is 44.2 Å². The third-order valence-corrected chi connectivity index (χ3v) is 6.30. The van der Waals surface area contributed by atoms with E-state index in [-0.39, 0.29) is 34.9 Å². The number of amides is 1. The molecule has 164 valence electrons. The minimum Gasteiger partial charge on any atom is -0.350 e. The Labute approximate surface area is 179 Å². The van der Waals surface area contributed by atoms with Gasteiger partial charge in [-0.3, -0.25) is 19.0 Å². The zero-order valence-electron chi connectivity index (χ0n) is 18.4. The van der Waals surface area contributed by atoms with Crippen molar-refractivity contribution in [3.63, 3.8) is 0 Å². The fourth-order valence-corrected chi connectivity index (χ4v) is 4.85. The molecule has 0 aliphatic carbocycles. The smallest absolute Gasteiger partial charge is 0.330 e. The minimum absolute atomic E-state index is 0.0116. The van der Waals surface area contributed by atoms with Gasteiger partial charge in [0, 0.05) is 38.8 Å². The summed E-state index contributed by atoms with van der Waals surface area (Å²) in [4.78, 5) is 38.7. The molecule has 3 aromatic rings. The Morgan fingerprint density at radius 1 is 1.19 bits per heavy atom. The van der Waals surface area contributed by atoms with Crippen LogP contribution in [0.2, 0.25) is 0 Å². The summed E-state index contributed by atoms with van der Waals surface area (Å²) in [5.74, 6) is 1.04. The van der Waals surface area contributed by atoms with Gasteiger partial charge in [0.25, 0.3) is 5.91 Å². The molecule has 6 rings (SSSR count). The summed E-state index contributed by atoms with van der Waals surface area (Å²) in [6, 6.07) is 4.30. The molecule has 2 unspecified atom stereocenters. The number of carbonyl (C=O) groups is 1. The molecule has 1 N–H and O–H groups in total. The lowest BCUT2D eigenvalue weighted by Gasteiger charge is -2.51. The number of aryl methyl sites for hydroxylation is 1. The Morgan fingerprint density at radius 2 is 1.97 bits per heavy atom. The van der Waals surface area contributed by atoms with Crippen LogP contribution in [-0.2, 0) is 13.6 Å². The van der Waals surface area contributed by atoms with Gasteiger partial charge in [0.15, 0.2) is 5.65 Å². The van der Waals surface area contributed by atoms with Crippen molar-refractivity contribution in [1.29, 1.82) is 0 Å². The number of imidazole rings is 1. The number of anilines is 1. The number of pyridine rings is 1. The molecule has 3 aliphatic heterocycles. The number of aromatic nitrogens is 6. The summed E-state index contributed by atoms with van der Waals surface area (Å²) in [7, 11) is 1.78. The van der Waals surface area contributed by atoms with Crippen molar-refractivity contribution in [1.82, 2.24) is 34.2 Å².